The second-order valence-corrected chi connectivity index (χ2v) is 3.66. The maximum atomic E-state index is 2.22. The highest BCUT2D eigenvalue weighted by Crippen LogP contribution is 2.07. The second-order valence-electron chi connectivity index (χ2n) is 3.66. The summed E-state index contributed by atoms with van der Waals surface area (Å²) in [6.45, 7) is 0. The predicted molar refractivity (Wildman–Crippen MR) is 69.9 cm³/mol. The maximum absolute atomic E-state index is 2.22. The zero-order valence-electron chi connectivity index (χ0n) is 9.21. The normalized spacial score (nSPS) is 10.8. The molecule has 0 aliphatic rings. The fourth-order valence-electron chi connectivity index (χ4n) is 1.56. The van der Waals surface area contributed by atoms with Crippen LogP contribution in [0.25, 0.3) is 6.08 Å². The Kier molecular flexibility index (Phi) is 3.95. The third-order valence-electron chi connectivity index (χ3n) is 2.40. The molecule has 0 fully saturated rings. The van der Waals surface area contributed by atoms with Gasteiger partial charge in [0, 0.05) is 0 Å². The Labute approximate surface area is 97.3 Å². The van der Waals surface area contributed by atoms with Gasteiger partial charge in [-0.1, -0.05) is 72.8 Å². The Morgan fingerprint density at radius 3 is 1.88 bits per heavy atom. The first kappa shape index (κ1) is 10.7. The molecule has 0 aliphatic carbocycles. The molecule has 0 saturated heterocycles. The smallest absolute Gasteiger partial charge is 0.00554 e. The first-order valence-corrected chi connectivity index (χ1v) is 5.55. The number of hydrogen-bond acceptors (Lipinski definition) is 0. The van der Waals surface area contributed by atoms with Crippen LogP contribution in [-0.2, 0) is 0 Å². The van der Waals surface area contributed by atoms with Crippen LogP contribution in [-0.4, -0.2) is 0 Å². The van der Waals surface area contributed by atoms with Gasteiger partial charge in [0.2, 0.25) is 0 Å². The number of allylic oxidation sites excluding steroid dienone is 1. The fraction of sp³-hybridized carbons (Fsp3) is 0.0625. The van der Waals surface area contributed by atoms with E-state index >= 15 is 0 Å². The molecule has 0 heterocycles. The molecule has 0 spiro atoms. The Bertz CT molecular complexity index is 426. The van der Waals surface area contributed by atoms with E-state index in [1.54, 1.807) is 0 Å². The summed E-state index contributed by atoms with van der Waals surface area (Å²) in [5.74, 6) is 0. The Balaban J connectivity index is 1.83. The van der Waals surface area contributed by atoms with Crippen LogP contribution in [0.15, 0.2) is 66.7 Å². The van der Waals surface area contributed by atoms with E-state index in [2.05, 4.69) is 67.1 Å². The van der Waals surface area contributed by atoms with Crippen molar-refractivity contribution < 1.29 is 0 Å². The summed E-state index contributed by atoms with van der Waals surface area (Å²) < 4.78 is 0. The Morgan fingerprint density at radius 2 is 1.25 bits per heavy atom. The minimum Gasteiger partial charge on any atom is -0.0833 e. The molecular weight excluding hydrogens is 192 g/mol. The third-order valence-corrected chi connectivity index (χ3v) is 2.40. The number of benzene rings is 2. The summed E-state index contributed by atoms with van der Waals surface area (Å²) in [4.78, 5) is 0. The lowest BCUT2D eigenvalue weighted by Crippen LogP contribution is -1.78. The molecule has 16 heavy (non-hydrogen) atoms. The van der Waals surface area contributed by atoms with Gasteiger partial charge in [-0.25, -0.2) is 0 Å². The highest BCUT2D eigenvalue weighted by atomic mass is 13.9. The van der Waals surface area contributed by atoms with Crippen molar-refractivity contribution in [3.8, 4) is 0 Å². The number of hydrogen-bond donors (Lipinski definition) is 0. The van der Waals surface area contributed by atoms with Crippen LogP contribution in [0.5, 0.6) is 0 Å². The highest BCUT2D eigenvalue weighted by molar-refractivity contribution is 5.49. The molecule has 2 rings (SSSR count). The van der Waals surface area contributed by atoms with E-state index in [0.717, 1.165) is 6.42 Å². The van der Waals surface area contributed by atoms with Crippen LogP contribution in [0.3, 0.4) is 0 Å². The topological polar surface area (TPSA) is 0 Å². The van der Waals surface area contributed by atoms with E-state index in [-0.39, 0.29) is 0 Å². The zero-order chi connectivity index (χ0) is 11.1. The molecular formula is C16H15. The number of rotatable bonds is 4. The Hall–Kier alpha value is -1.82. The summed E-state index contributed by atoms with van der Waals surface area (Å²) >= 11 is 0. The van der Waals surface area contributed by atoms with Gasteiger partial charge in [0.25, 0.3) is 0 Å². The largest absolute Gasteiger partial charge is 0.0833 e. The maximum Gasteiger partial charge on any atom is -0.00554 e. The van der Waals surface area contributed by atoms with Crippen LogP contribution >= 0.6 is 0 Å². The Morgan fingerprint density at radius 1 is 0.688 bits per heavy atom. The van der Waals surface area contributed by atoms with Crippen molar-refractivity contribution >= 4 is 6.08 Å². The van der Waals surface area contributed by atoms with E-state index in [1.807, 2.05) is 12.1 Å². The predicted octanol–water partition coefficient (Wildman–Crippen LogP) is 4.34. The highest BCUT2D eigenvalue weighted by Gasteiger charge is 1.88. The van der Waals surface area contributed by atoms with Gasteiger partial charge >= 0.3 is 0 Å². The van der Waals surface area contributed by atoms with Crippen LogP contribution in [0.4, 0.5) is 0 Å². The minimum absolute atomic E-state index is 0.971. The lowest BCUT2D eigenvalue weighted by Gasteiger charge is -1.96. The molecule has 2 aromatic carbocycles. The van der Waals surface area contributed by atoms with Crippen LogP contribution in [0.2, 0.25) is 0 Å². The molecule has 0 bridgehead atoms. The van der Waals surface area contributed by atoms with Crippen molar-refractivity contribution in [1.82, 2.24) is 0 Å². The van der Waals surface area contributed by atoms with Gasteiger partial charge in [-0.05, 0) is 24.0 Å². The summed E-state index contributed by atoms with van der Waals surface area (Å²) in [5.41, 5.74) is 2.53. The molecule has 0 nitrogen and oxygen atoms in total. The molecule has 0 aliphatic heterocycles. The fourth-order valence-corrected chi connectivity index (χ4v) is 1.56. The first-order chi connectivity index (χ1) is 7.95. The molecule has 0 saturated carbocycles. The molecule has 79 valence electrons. The zero-order valence-corrected chi connectivity index (χ0v) is 9.21. The first-order valence-electron chi connectivity index (χ1n) is 5.55. The van der Waals surface area contributed by atoms with Crippen LogP contribution in [0, 0.1) is 6.42 Å². The summed E-state index contributed by atoms with van der Waals surface area (Å²) in [7, 11) is 0. The molecule has 0 N–H and O–H groups in total. The van der Waals surface area contributed by atoms with Crippen LogP contribution < -0.4 is 0 Å². The van der Waals surface area contributed by atoms with Gasteiger partial charge in [-0.2, -0.15) is 0 Å². The SMILES string of the molecule is [CH](CC=Cc1ccccc1)c1ccccc1. The average Bonchev–Trinajstić information content (AvgIpc) is 2.37. The molecule has 0 amide bonds. The minimum atomic E-state index is 0.971. The second kappa shape index (κ2) is 5.92. The van der Waals surface area contributed by atoms with Gasteiger partial charge in [-0.3, -0.25) is 0 Å². The molecule has 2 aromatic rings. The lowest BCUT2D eigenvalue weighted by molar-refractivity contribution is 1.25. The van der Waals surface area contributed by atoms with Gasteiger partial charge < -0.3 is 0 Å². The summed E-state index contributed by atoms with van der Waals surface area (Å²) in [5, 5.41) is 0. The quantitative estimate of drug-likeness (QED) is 0.699. The van der Waals surface area contributed by atoms with Gasteiger partial charge in [0.05, 0.1) is 0 Å². The molecule has 0 atom stereocenters. The summed E-state index contributed by atoms with van der Waals surface area (Å²) in [6, 6.07) is 20.8. The monoisotopic (exact) mass is 207 g/mol. The van der Waals surface area contributed by atoms with Crippen LogP contribution in [0.1, 0.15) is 17.5 Å². The third kappa shape index (κ3) is 3.39. The van der Waals surface area contributed by atoms with E-state index in [4.69, 9.17) is 0 Å². The van der Waals surface area contributed by atoms with Crippen molar-refractivity contribution in [3.05, 3.63) is 84.3 Å². The molecule has 0 heteroatoms. The van der Waals surface area contributed by atoms with Crippen molar-refractivity contribution in [2.75, 3.05) is 0 Å². The molecule has 0 unspecified atom stereocenters. The average molecular weight is 207 g/mol. The summed E-state index contributed by atoms with van der Waals surface area (Å²) in [6.07, 6.45) is 7.53. The van der Waals surface area contributed by atoms with Crippen molar-refractivity contribution in [3.63, 3.8) is 0 Å². The van der Waals surface area contributed by atoms with Crippen molar-refractivity contribution in [2.45, 2.75) is 6.42 Å². The van der Waals surface area contributed by atoms with Gasteiger partial charge in [-0.15, -0.1) is 0 Å². The van der Waals surface area contributed by atoms with Gasteiger partial charge in [0.15, 0.2) is 0 Å². The van der Waals surface area contributed by atoms with Crippen molar-refractivity contribution in [1.29, 1.82) is 0 Å². The molecule has 0 aromatic heterocycles. The molecule has 1 radical (unpaired) electrons. The van der Waals surface area contributed by atoms with E-state index in [9.17, 15) is 0 Å². The standard InChI is InChI=1S/C16H15/c1-3-9-15(10-4-1)13-7-8-14-16-11-5-2-6-12-16/h1-7,9-14H,8H2. The van der Waals surface area contributed by atoms with Crippen molar-refractivity contribution in [2.24, 2.45) is 0 Å². The van der Waals surface area contributed by atoms with E-state index in [0.29, 0.717) is 0 Å². The van der Waals surface area contributed by atoms with E-state index < -0.39 is 0 Å². The van der Waals surface area contributed by atoms with E-state index in [1.165, 1.54) is 11.1 Å². The van der Waals surface area contributed by atoms with Gasteiger partial charge in [0.1, 0.15) is 0 Å². The lowest BCUT2D eigenvalue weighted by atomic mass is 10.1.